The van der Waals surface area contributed by atoms with Crippen LogP contribution in [0.3, 0.4) is 0 Å². The van der Waals surface area contributed by atoms with Crippen molar-refractivity contribution < 1.29 is 4.21 Å². The number of aryl methyl sites for hydroxylation is 1. The number of halogens is 1. The molecule has 0 amide bonds. The molecule has 0 saturated carbocycles. The Bertz CT molecular complexity index is 595. The first-order valence-electron chi connectivity index (χ1n) is 7.02. The van der Waals surface area contributed by atoms with Crippen LogP contribution in [0.1, 0.15) is 29.7 Å². The van der Waals surface area contributed by atoms with Crippen LogP contribution in [0.4, 0.5) is 0 Å². The van der Waals surface area contributed by atoms with Gasteiger partial charge in [-0.15, -0.1) is 0 Å². The summed E-state index contributed by atoms with van der Waals surface area (Å²) in [6.07, 6.45) is 1.01. The summed E-state index contributed by atoms with van der Waals surface area (Å²) in [5.74, 6) is 0.978. The van der Waals surface area contributed by atoms with Crippen LogP contribution >= 0.6 is 11.6 Å². The lowest BCUT2D eigenvalue weighted by molar-refractivity contribution is 0.674. The summed E-state index contributed by atoms with van der Waals surface area (Å²) in [6.45, 7) is 2.12. The molecule has 2 nitrogen and oxygen atoms in total. The van der Waals surface area contributed by atoms with Crippen molar-refractivity contribution in [3.05, 3.63) is 70.2 Å². The standard InChI is InChI=1S/C17H20ClNOS/c1-2-13-3-7-15(8-4-13)17(19)12-21(20)11-14-5-9-16(18)10-6-14/h3-10,17H,2,11-12,19H2,1H3. The van der Waals surface area contributed by atoms with E-state index in [0.717, 1.165) is 17.5 Å². The molecule has 2 atom stereocenters. The highest BCUT2D eigenvalue weighted by atomic mass is 35.5. The fourth-order valence-electron chi connectivity index (χ4n) is 2.12. The molecule has 2 unspecified atom stereocenters. The predicted molar refractivity (Wildman–Crippen MR) is 90.9 cm³/mol. The second-order valence-electron chi connectivity index (χ2n) is 5.08. The summed E-state index contributed by atoms with van der Waals surface area (Å²) < 4.78 is 12.2. The minimum Gasteiger partial charge on any atom is -0.323 e. The van der Waals surface area contributed by atoms with Crippen LogP contribution in [0.15, 0.2) is 48.5 Å². The number of hydrogen-bond donors (Lipinski definition) is 1. The topological polar surface area (TPSA) is 43.1 Å². The van der Waals surface area contributed by atoms with Crippen molar-refractivity contribution in [1.29, 1.82) is 0 Å². The molecule has 0 saturated heterocycles. The maximum absolute atomic E-state index is 12.2. The quantitative estimate of drug-likeness (QED) is 0.878. The average molecular weight is 322 g/mol. The molecule has 112 valence electrons. The minimum atomic E-state index is -0.983. The zero-order valence-corrected chi connectivity index (χ0v) is 13.7. The largest absolute Gasteiger partial charge is 0.323 e. The lowest BCUT2D eigenvalue weighted by atomic mass is 10.1. The van der Waals surface area contributed by atoms with Gasteiger partial charge in [-0.2, -0.15) is 0 Å². The molecule has 0 aliphatic heterocycles. The van der Waals surface area contributed by atoms with E-state index in [1.165, 1.54) is 5.56 Å². The van der Waals surface area contributed by atoms with E-state index in [-0.39, 0.29) is 6.04 Å². The monoisotopic (exact) mass is 321 g/mol. The number of rotatable bonds is 6. The molecule has 0 aromatic heterocycles. The van der Waals surface area contributed by atoms with Crippen molar-refractivity contribution in [2.24, 2.45) is 5.73 Å². The van der Waals surface area contributed by atoms with E-state index in [1.807, 2.05) is 36.4 Å². The Balaban J connectivity index is 1.93. The van der Waals surface area contributed by atoms with Crippen LogP contribution in [-0.4, -0.2) is 9.96 Å². The van der Waals surface area contributed by atoms with Crippen molar-refractivity contribution in [1.82, 2.24) is 0 Å². The summed E-state index contributed by atoms with van der Waals surface area (Å²) in [5, 5.41) is 0.692. The average Bonchev–Trinajstić information content (AvgIpc) is 2.49. The fourth-order valence-corrected chi connectivity index (χ4v) is 3.52. The number of nitrogens with two attached hydrogens (primary N) is 1. The Morgan fingerprint density at radius 1 is 1.05 bits per heavy atom. The Labute approximate surface area is 133 Å². The Kier molecular flexibility index (Phi) is 5.97. The van der Waals surface area contributed by atoms with Crippen molar-refractivity contribution >= 4 is 22.4 Å². The second kappa shape index (κ2) is 7.74. The first-order valence-corrected chi connectivity index (χ1v) is 8.89. The highest BCUT2D eigenvalue weighted by Gasteiger charge is 2.11. The molecule has 0 heterocycles. The van der Waals surface area contributed by atoms with Crippen LogP contribution in [0, 0.1) is 0 Å². The van der Waals surface area contributed by atoms with Gasteiger partial charge < -0.3 is 5.73 Å². The zero-order chi connectivity index (χ0) is 15.2. The lowest BCUT2D eigenvalue weighted by Crippen LogP contribution is -2.19. The summed E-state index contributed by atoms with van der Waals surface area (Å²) in [5.41, 5.74) is 9.49. The van der Waals surface area contributed by atoms with Gasteiger partial charge in [0.1, 0.15) is 0 Å². The van der Waals surface area contributed by atoms with E-state index in [0.29, 0.717) is 16.5 Å². The van der Waals surface area contributed by atoms with E-state index < -0.39 is 10.8 Å². The number of hydrogen-bond acceptors (Lipinski definition) is 2. The summed E-state index contributed by atoms with van der Waals surface area (Å²) in [7, 11) is -0.983. The first-order chi connectivity index (χ1) is 10.1. The van der Waals surface area contributed by atoms with E-state index in [1.54, 1.807) is 0 Å². The lowest BCUT2D eigenvalue weighted by Gasteiger charge is -2.12. The zero-order valence-electron chi connectivity index (χ0n) is 12.1. The molecule has 0 radical (unpaired) electrons. The Morgan fingerprint density at radius 3 is 2.19 bits per heavy atom. The van der Waals surface area contributed by atoms with Crippen molar-refractivity contribution in [2.75, 3.05) is 5.75 Å². The molecule has 2 aromatic rings. The molecule has 2 N–H and O–H groups in total. The van der Waals surface area contributed by atoms with Crippen molar-refractivity contribution in [2.45, 2.75) is 25.1 Å². The van der Waals surface area contributed by atoms with Gasteiger partial charge in [-0.25, -0.2) is 0 Å². The van der Waals surface area contributed by atoms with Gasteiger partial charge in [0.2, 0.25) is 0 Å². The maximum atomic E-state index is 12.2. The Hall–Kier alpha value is -1.16. The Morgan fingerprint density at radius 2 is 1.62 bits per heavy atom. The molecule has 2 rings (SSSR count). The van der Waals surface area contributed by atoms with Crippen LogP contribution in [0.25, 0.3) is 0 Å². The molecular formula is C17H20ClNOS. The van der Waals surface area contributed by atoms with Gasteiger partial charge in [0.25, 0.3) is 0 Å². The highest BCUT2D eigenvalue weighted by molar-refractivity contribution is 7.84. The van der Waals surface area contributed by atoms with E-state index >= 15 is 0 Å². The second-order valence-corrected chi connectivity index (χ2v) is 7.02. The third kappa shape index (κ3) is 4.95. The van der Waals surface area contributed by atoms with Crippen molar-refractivity contribution in [3.63, 3.8) is 0 Å². The molecular weight excluding hydrogens is 302 g/mol. The van der Waals surface area contributed by atoms with Crippen LogP contribution in [0.5, 0.6) is 0 Å². The molecule has 0 fully saturated rings. The van der Waals surface area contributed by atoms with Gasteiger partial charge >= 0.3 is 0 Å². The third-order valence-corrected chi connectivity index (χ3v) is 5.06. The molecule has 21 heavy (non-hydrogen) atoms. The van der Waals surface area contributed by atoms with E-state index in [4.69, 9.17) is 17.3 Å². The normalized spacial score (nSPS) is 13.9. The SMILES string of the molecule is CCc1ccc(C(N)CS(=O)Cc2ccc(Cl)cc2)cc1. The molecule has 0 bridgehead atoms. The third-order valence-electron chi connectivity index (χ3n) is 3.42. The van der Waals surface area contributed by atoms with Gasteiger partial charge in [0, 0.05) is 33.4 Å². The van der Waals surface area contributed by atoms with Gasteiger partial charge in [0.05, 0.1) is 0 Å². The van der Waals surface area contributed by atoms with E-state index in [2.05, 4.69) is 19.1 Å². The highest BCUT2D eigenvalue weighted by Crippen LogP contribution is 2.16. The van der Waals surface area contributed by atoms with Crippen molar-refractivity contribution in [3.8, 4) is 0 Å². The molecule has 0 spiro atoms. The number of benzene rings is 2. The molecule has 2 aromatic carbocycles. The van der Waals surface area contributed by atoms with E-state index in [9.17, 15) is 4.21 Å². The van der Waals surface area contributed by atoms with Crippen LogP contribution in [-0.2, 0) is 23.0 Å². The van der Waals surface area contributed by atoms with Gasteiger partial charge in [-0.05, 0) is 35.2 Å². The first kappa shape index (κ1) is 16.2. The summed E-state index contributed by atoms with van der Waals surface area (Å²) >= 11 is 5.84. The van der Waals surface area contributed by atoms with Gasteiger partial charge in [-0.3, -0.25) is 4.21 Å². The van der Waals surface area contributed by atoms with Crippen LogP contribution in [0.2, 0.25) is 5.02 Å². The maximum Gasteiger partial charge on any atom is 0.0486 e. The smallest absolute Gasteiger partial charge is 0.0486 e. The van der Waals surface area contributed by atoms with Crippen LogP contribution < -0.4 is 5.73 Å². The molecule has 0 aliphatic rings. The molecule has 4 heteroatoms. The fraction of sp³-hybridized carbons (Fsp3) is 0.294. The molecule has 0 aliphatic carbocycles. The predicted octanol–water partition coefficient (Wildman–Crippen LogP) is 3.85. The minimum absolute atomic E-state index is 0.191. The summed E-state index contributed by atoms with van der Waals surface area (Å²) in [4.78, 5) is 0. The van der Waals surface area contributed by atoms with Gasteiger partial charge in [-0.1, -0.05) is 54.9 Å². The van der Waals surface area contributed by atoms with Gasteiger partial charge in [0.15, 0.2) is 0 Å². The summed E-state index contributed by atoms with van der Waals surface area (Å²) in [6, 6.07) is 15.5.